The molecular weight excluding hydrogens is 422 g/mol. The van der Waals surface area contributed by atoms with Crippen LogP contribution in [0.4, 0.5) is 17.1 Å². The minimum absolute atomic E-state index is 0.175. The van der Waals surface area contributed by atoms with Crippen LogP contribution in [0.3, 0.4) is 0 Å². The summed E-state index contributed by atoms with van der Waals surface area (Å²) in [7, 11) is 2.01. The summed E-state index contributed by atoms with van der Waals surface area (Å²) in [4.78, 5) is 7.29. The Hall–Kier alpha value is -3.35. The van der Waals surface area contributed by atoms with E-state index in [1.165, 1.54) is 0 Å². The molecule has 3 aromatic carbocycles. The number of anilines is 2. The molecule has 32 heavy (non-hydrogen) atoms. The Morgan fingerprint density at radius 2 is 1.72 bits per heavy atom. The van der Waals surface area contributed by atoms with Gasteiger partial charge in [-0.15, -0.1) is 0 Å². The number of quaternary nitrogens is 1. The average Bonchev–Trinajstić information content (AvgIpc) is 2.96. The Morgan fingerprint density at radius 1 is 1.00 bits per heavy atom. The van der Waals surface area contributed by atoms with Gasteiger partial charge in [0, 0.05) is 16.3 Å². The van der Waals surface area contributed by atoms with Crippen LogP contribution in [0, 0.1) is 0 Å². The van der Waals surface area contributed by atoms with Gasteiger partial charge in [-0.1, -0.05) is 59.2 Å². The quantitative estimate of drug-likeness (QED) is 0.369. The fraction of sp³-hybridized carbons (Fsp3) is 0.200. The molecule has 2 aliphatic heterocycles. The van der Waals surface area contributed by atoms with Crippen LogP contribution in [0.15, 0.2) is 82.9 Å². The van der Waals surface area contributed by atoms with Crippen LogP contribution in [0.5, 0.6) is 0 Å². The number of aliphatic imine (C=N–C) groups is 1. The fourth-order valence-corrected chi connectivity index (χ4v) is 4.28. The number of para-hydroxylation sites is 1. The summed E-state index contributed by atoms with van der Waals surface area (Å²) >= 11 is 6.25. The van der Waals surface area contributed by atoms with Crippen molar-refractivity contribution in [3.05, 3.63) is 88.9 Å². The van der Waals surface area contributed by atoms with Gasteiger partial charge >= 0.3 is 0 Å². The van der Waals surface area contributed by atoms with Gasteiger partial charge < -0.3 is 15.3 Å². The van der Waals surface area contributed by atoms with Gasteiger partial charge in [0.05, 0.1) is 37.4 Å². The van der Waals surface area contributed by atoms with E-state index in [1.807, 2.05) is 55.6 Å². The molecule has 7 heteroatoms. The minimum Gasteiger partial charge on any atom is -0.855 e. The maximum atomic E-state index is 12.6. The number of amidine groups is 1. The Balaban J connectivity index is 1.43. The first-order valence-electron chi connectivity index (χ1n) is 10.7. The second-order valence-electron chi connectivity index (χ2n) is 8.31. The number of nitrogens with one attached hydrogen (secondary N) is 1. The summed E-state index contributed by atoms with van der Waals surface area (Å²) in [6.45, 7) is 2.92. The Kier molecular flexibility index (Phi) is 5.33. The van der Waals surface area contributed by atoms with Crippen molar-refractivity contribution in [1.29, 1.82) is 0 Å². The van der Waals surface area contributed by atoms with Crippen molar-refractivity contribution < 1.29 is 9.70 Å². The van der Waals surface area contributed by atoms with Crippen molar-refractivity contribution in [2.45, 2.75) is 0 Å². The van der Waals surface area contributed by atoms with Crippen LogP contribution in [0.2, 0.25) is 5.02 Å². The van der Waals surface area contributed by atoms with Crippen LogP contribution in [-0.2, 0) is 0 Å². The number of hydrogen-bond acceptors (Lipinski definition) is 5. The first kappa shape index (κ1) is 20.5. The van der Waals surface area contributed by atoms with Gasteiger partial charge in [-0.25, -0.2) is 4.99 Å². The van der Waals surface area contributed by atoms with Crippen LogP contribution in [-0.4, -0.2) is 54.5 Å². The first-order valence-corrected chi connectivity index (χ1v) is 11.1. The Morgan fingerprint density at radius 3 is 2.50 bits per heavy atom. The lowest BCUT2D eigenvalue weighted by atomic mass is 10.1. The zero-order chi connectivity index (χ0) is 22.1. The number of nitrogens with zero attached hydrogens (tertiary/aromatic N) is 4. The molecule has 0 aromatic heterocycles. The average molecular weight is 446 g/mol. The maximum absolute atomic E-state index is 12.6. The lowest BCUT2D eigenvalue weighted by Crippen LogP contribution is -2.56. The van der Waals surface area contributed by atoms with E-state index in [0.717, 1.165) is 54.6 Å². The molecular formula is C25H24ClN5O. The molecule has 5 rings (SSSR count). The van der Waals surface area contributed by atoms with E-state index in [2.05, 4.69) is 27.5 Å². The highest BCUT2D eigenvalue weighted by Crippen LogP contribution is 2.36. The molecule has 6 nitrogen and oxygen atoms in total. The molecule has 0 bridgehead atoms. The van der Waals surface area contributed by atoms with Gasteiger partial charge in [-0.05, 0) is 35.9 Å². The summed E-state index contributed by atoms with van der Waals surface area (Å²) in [6, 6.07) is 23.1. The van der Waals surface area contributed by atoms with Crippen molar-refractivity contribution >= 4 is 40.4 Å². The third-order valence-electron chi connectivity index (χ3n) is 5.98. The van der Waals surface area contributed by atoms with Gasteiger partial charge in [0.15, 0.2) is 0 Å². The smallest absolute Gasteiger partial charge is 0.139 e. The van der Waals surface area contributed by atoms with Crippen molar-refractivity contribution in [1.82, 2.24) is 4.90 Å². The first-order chi connectivity index (χ1) is 15.5. The van der Waals surface area contributed by atoms with Crippen molar-refractivity contribution in [2.75, 3.05) is 38.5 Å². The topological polar surface area (TPSA) is 63.1 Å². The predicted octanol–water partition coefficient (Wildman–Crippen LogP) is 3.96. The largest absolute Gasteiger partial charge is 0.855 e. The number of fused-ring (bicyclic) bond motifs is 2. The number of halogens is 1. The molecule has 1 fully saturated rings. The molecule has 1 saturated heterocycles. The second kappa shape index (κ2) is 8.30. The zero-order valence-corrected chi connectivity index (χ0v) is 18.6. The summed E-state index contributed by atoms with van der Waals surface area (Å²) in [5.41, 5.74) is 4.43. The molecule has 0 aliphatic carbocycles. The molecule has 1 N–H and O–H groups in total. The molecule has 0 radical (unpaired) electrons. The summed E-state index contributed by atoms with van der Waals surface area (Å²) < 4.78 is 0.361. The maximum Gasteiger partial charge on any atom is 0.139 e. The van der Waals surface area contributed by atoms with Crippen LogP contribution < -0.4 is 10.4 Å². The molecule has 0 saturated carbocycles. The van der Waals surface area contributed by atoms with Crippen molar-refractivity contribution in [3.63, 3.8) is 0 Å². The zero-order valence-electron chi connectivity index (χ0n) is 17.8. The molecule has 0 atom stereocenters. The van der Waals surface area contributed by atoms with Gasteiger partial charge in [0.1, 0.15) is 18.9 Å². The van der Waals surface area contributed by atoms with Crippen LogP contribution in [0.25, 0.3) is 0 Å². The van der Waals surface area contributed by atoms with E-state index < -0.39 is 0 Å². The SMILES string of the molecule is C[N+]1(/N=C(\[O-])c2ccccc2)CCN(C2=Nc3cc(Cl)ccc3Nc3ccccc32)CC1. The highest BCUT2D eigenvalue weighted by molar-refractivity contribution is 6.31. The van der Waals surface area contributed by atoms with E-state index in [1.54, 1.807) is 12.1 Å². The van der Waals surface area contributed by atoms with E-state index in [9.17, 15) is 5.11 Å². The van der Waals surface area contributed by atoms with E-state index >= 15 is 0 Å². The third kappa shape index (κ3) is 4.07. The Labute approximate surface area is 192 Å². The molecule has 0 amide bonds. The standard InChI is InChI=1S/C25H24ClN5O/c1-31(29-25(32)18-7-3-2-4-8-18)15-13-30(14-16-31)24-20-9-5-6-10-21(20)27-22-12-11-19(26)17-23(22)28-24/h2-12,17H,13-16H2,1H3,(H-,27,28,29,32). The molecule has 3 aromatic rings. The number of likely N-dealkylation sites (N-methyl/N-ethyl adjacent to an activating group) is 1. The molecule has 2 heterocycles. The summed E-state index contributed by atoms with van der Waals surface area (Å²) in [6.07, 6.45) is 0. The number of piperazine rings is 1. The predicted molar refractivity (Wildman–Crippen MR) is 128 cm³/mol. The third-order valence-corrected chi connectivity index (χ3v) is 6.21. The van der Waals surface area contributed by atoms with E-state index in [0.29, 0.717) is 15.2 Å². The van der Waals surface area contributed by atoms with Crippen LogP contribution >= 0.6 is 11.6 Å². The number of hydrogen-bond donors (Lipinski definition) is 1. The number of rotatable bonds is 2. The second-order valence-corrected chi connectivity index (χ2v) is 8.75. The van der Waals surface area contributed by atoms with Gasteiger partial charge in [-0.2, -0.15) is 4.59 Å². The molecule has 0 spiro atoms. The van der Waals surface area contributed by atoms with E-state index in [4.69, 9.17) is 16.6 Å². The van der Waals surface area contributed by atoms with Gasteiger partial charge in [0.25, 0.3) is 0 Å². The highest BCUT2D eigenvalue weighted by atomic mass is 35.5. The lowest BCUT2D eigenvalue weighted by Gasteiger charge is -2.39. The number of benzene rings is 3. The fourth-order valence-electron chi connectivity index (χ4n) is 4.12. The van der Waals surface area contributed by atoms with E-state index in [-0.39, 0.29) is 5.90 Å². The van der Waals surface area contributed by atoms with Crippen molar-refractivity contribution in [2.24, 2.45) is 10.1 Å². The minimum atomic E-state index is -0.175. The molecule has 162 valence electrons. The van der Waals surface area contributed by atoms with Crippen LogP contribution in [0.1, 0.15) is 11.1 Å². The van der Waals surface area contributed by atoms with Crippen molar-refractivity contribution in [3.8, 4) is 0 Å². The Bertz CT molecular complexity index is 1200. The monoisotopic (exact) mass is 445 g/mol. The molecule has 0 unspecified atom stereocenters. The molecule has 2 aliphatic rings. The van der Waals surface area contributed by atoms with Gasteiger partial charge in [0.2, 0.25) is 0 Å². The summed E-state index contributed by atoms with van der Waals surface area (Å²) in [5, 5.41) is 21.3. The summed E-state index contributed by atoms with van der Waals surface area (Å²) in [5.74, 6) is 0.737. The lowest BCUT2D eigenvalue weighted by molar-refractivity contribution is -0.920. The normalized spacial score (nSPS) is 17.5. The highest BCUT2D eigenvalue weighted by Gasteiger charge is 2.32. The van der Waals surface area contributed by atoms with Gasteiger partial charge in [-0.3, -0.25) is 0 Å².